The van der Waals surface area contributed by atoms with Crippen LogP contribution in [0.25, 0.3) is 0 Å². The maximum atomic E-state index is 12.3. The number of anilines is 2. The lowest BCUT2D eigenvalue weighted by atomic mass is 9.94. The predicted octanol–water partition coefficient (Wildman–Crippen LogP) is 2.65. The lowest BCUT2D eigenvalue weighted by Crippen LogP contribution is -2.48. The molecule has 4 rings (SSSR count). The number of amides is 1. The Balaban J connectivity index is 1.77. The average Bonchev–Trinajstić information content (AvgIpc) is 2.96. The number of nitrogens with zero attached hydrogens (tertiary/aromatic N) is 3. The summed E-state index contributed by atoms with van der Waals surface area (Å²) in [5.41, 5.74) is 1.03. The van der Waals surface area contributed by atoms with Crippen LogP contribution in [0.5, 0.6) is 5.75 Å². The maximum Gasteiger partial charge on any atom is 0.271 e. The molecule has 0 fully saturated rings. The van der Waals surface area contributed by atoms with Crippen LogP contribution >= 0.6 is 11.3 Å². The Bertz CT molecular complexity index is 892. The molecule has 1 N–H and O–H groups in total. The molecule has 3 heterocycles. The molecule has 1 amide bonds. The van der Waals surface area contributed by atoms with E-state index in [2.05, 4.69) is 10.3 Å². The number of thiazole rings is 1. The molecule has 0 unspecified atom stereocenters. The SMILES string of the molecule is CC1(C)Cc2nc(N3CCOc4ccc([N+](=O)[O-])cc43)sc2C(=O)N1. The van der Waals surface area contributed by atoms with Crippen LogP contribution in [-0.2, 0) is 6.42 Å². The first-order valence-electron chi connectivity index (χ1n) is 7.85. The molecule has 0 saturated heterocycles. The van der Waals surface area contributed by atoms with Gasteiger partial charge >= 0.3 is 0 Å². The molecule has 0 aliphatic carbocycles. The Labute approximate surface area is 147 Å². The molecule has 1 aromatic carbocycles. The minimum absolute atomic E-state index is 0.00514. The number of nitro groups is 1. The number of carbonyl (C=O) groups excluding carboxylic acids is 1. The summed E-state index contributed by atoms with van der Waals surface area (Å²) in [6.45, 7) is 4.89. The Hall–Kier alpha value is -2.68. The molecule has 2 aromatic rings. The van der Waals surface area contributed by atoms with Crippen molar-refractivity contribution in [3.8, 4) is 5.75 Å². The summed E-state index contributed by atoms with van der Waals surface area (Å²) >= 11 is 1.31. The third-order valence-corrected chi connectivity index (χ3v) is 5.32. The third kappa shape index (κ3) is 2.70. The summed E-state index contributed by atoms with van der Waals surface area (Å²) < 4.78 is 5.60. The van der Waals surface area contributed by atoms with Crippen molar-refractivity contribution in [2.75, 3.05) is 18.1 Å². The van der Waals surface area contributed by atoms with E-state index in [-0.39, 0.29) is 17.1 Å². The number of ether oxygens (including phenoxy) is 1. The zero-order valence-corrected chi connectivity index (χ0v) is 14.6. The van der Waals surface area contributed by atoms with E-state index in [1.807, 2.05) is 18.7 Å². The molecule has 0 saturated carbocycles. The van der Waals surface area contributed by atoms with Gasteiger partial charge in [0, 0.05) is 24.1 Å². The van der Waals surface area contributed by atoms with Gasteiger partial charge in [0.2, 0.25) is 0 Å². The van der Waals surface area contributed by atoms with Gasteiger partial charge in [0.1, 0.15) is 17.2 Å². The Morgan fingerprint density at radius 3 is 3.00 bits per heavy atom. The van der Waals surface area contributed by atoms with Crippen LogP contribution in [0, 0.1) is 10.1 Å². The van der Waals surface area contributed by atoms with Crippen LogP contribution in [-0.4, -0.2) is 34.5 Å². The number of nitrogens with one attached hydrogen (secondary N) is 1. The topological polar surface area (TPSA) is 97.6 Å². The molecule has 2 aliphatic rings. The Morgan fingerprint density at radius 1 is 1.44 bits per heavy atom. The summed E-state index contributed by atoms with van der Waals surface area (Å²) in [5, 5.41) is 14.7. The van der Waals surface area contributed by atoms with Crippen molar-refractivity contribution in [3.05, 3.63) is 38.9 Å². The largest absolute Gasteiger partial charge is 0.490 e. The van der Waals surface area contributed by atoms with E-state index in [1.165, 1.54) is 23.5 Å². The summed E-state index contributed by atoms with van der Waals surface area (Å²) in [5.74, 6) is 0.456. The van der Waals surface area contributed by atoms with Crippen LogP contribution < -0.4 is 15.0 Å². The van der Waals surface area contributed by atoms with Crippen molar-refractivity contribution < 1.29 is 14.5 Å². The van der Waals surface area contributed by atoms with Crippen LogP contribution in [0.2, 0.25) is 0 Å². The highest BCUT2D eigenvalue weighted by atomic mass is 32.1. The molecule has 0 spiro atoms. The summed E-state index contributed by atoms with van der Waals surface area (Å²) in [6.07, 6.45) is 0.650. The smallest absolute Gasteiger partial charge is 0.271 e. The standard InChI is InChI=1S/C16H16N4O4S/c1-16(2)8-10-13(14(21)18-16)25-15(17-10)19-5-6-24-12-4-3-9(20(22)23)7-11(12)19/h3-4,7H,5-6,8H2,1-2H3,(H,18,21). The van der Waals surface area contributed by atoms with Gasteiger partial charge in [-0.2, -0.15) is 0 Å². The van der Waals surface area contributed by atoms with Gasteiger partial charge in [-0.25, -0.2) is 4.98 Å². The van der Waals surface area contributed by atoms with E-state index < -0.39 is 4.92 Å². The van der Waals surface area contributed by atoms with Crippen LogP contribution in [0.4, 0.5) is 16.5 Å². The molecule has 8 nitrogen and oxygen atoms in total. The van der Waals surface area contributed by atoms with Crippen molar-refractivity contribution in [2.24, 2.45) is 0 Å². The van der Waals surface area contributed by atoms with E-state index in [0.29, 0.717) is 41.0 Å². The lowest BCUT2D eigenvalue weighted by molar-refractivity contribution is -0.384. The second kappa shape index (κ2) is 5.41. The zero-order chi connectivity index (χ0) is 17.8. The van der Waals surface area contributed by atoms with E-state index >= 15 is 0 Å². The van der Waals surface area contributed by atoms with Gasteiger partial charge in [-0.05, 0) is 19.9 Å². The summed E-state index contributed by atoms with van der Waals surface area (Å²) in [7, 11) is 0. The van der Waals surface area contributed by atoms with Crippen molar-refractivity contribution >= 4 is 33.8 Å². The fourth-order valence-electron chi connectivity index (χ4n) is 3.10. The Morgan fingerprint density at radius 2 is 2.24 bits per heavy atom. The molecule has 2 aliphatic heterocycles. The monoisotopic (exact) mass is 360 g/mol. The number of rotatable bonds is 2. The fraction of sp³-hybridized carbons (Fsp3) is 0.375. The van der Waals surface area contributed by atoms with Gasteiger partial charge in [-0.3, -0.25) is 14.9 Å². The zero-order valence-electron chi connectivity index (χ0n) is 13.7. The normalized spacial score (nSPS) is 18.0. The first kappa shape index (κ1) is 15.8. The third-order valence-electron chi connectivity index (χ3n) is 4.20. The lowest BCUT2D eigenvalue weighted by Gasteiger charge is -2.29. The molecule has 0 atom stereocenters. The Kier molecular flexibility index (Phi) is 3.43. The van der Waals surface area contributed by atoms with Crippen molar-refractivity contribution in [1.29, 1.82) is 0 Å². The number of non-ortho nitro benzene ring substituents is 1. The average molecular weight is 360 g/mol. The molecule has 0 bridgehead atoms. The fourth-order valence-corrected chi connectivity index (χ4v) is 4.11. The molecular weight excluding hydrogens is 344 g/mol. The molecule has 25 heavy (non-hydrogen) atoms. The van der Waals surface area contributed by atoms with E-state index in [0.717, 1.165) is 5.69 Å². The van der Waals surface area contributed by atoms with E-state index in [9.17, 15) is 14.9 Å². The molecule has 130 valence electrons. The van der Waals surface area contributed by atoms with Gasteiger partial charge < -0.3 is 15.0 Å². The van der Waals surface area contributed by atoms with Crippen LogP contribution in [0.1, 0.15) is 29.2 Å². The minimum Gasteiger partial charge on any atom is -0.490 e. The summed E-state index contributed by atoms with van der Waals surface area (Å²) in [4.78, 5) is 30.1. The highest BCUT2D eigenvalue weighted by molar-refractivity contribution is 7.17. The quantitative estimate of drug-likeness (QED) is 0.653. The van der Waals surface area contributed by atoms with E-state index in [1.54, 1.807) is 6.07 Å². The number of hydrogen-bond donors (Lipinski definition) is 1. The van der Waals surface area contributed by atoms with Crippen molar-refractivity contribution in [3.63, 3.8) is 0 Å². The number of fused-ring (bicyclic) bond motifs is 2. The highest BCUT2D eigenvalue weighted by Gasteiger charge is 2.35. The number of hydrogen-bond acceptors (Lipinski definition) is 7. The molecule has 0 radical (unpaired) electrons. The van der Waals surface area contributed by atoms with Crippen LogP contribution in [0.15, 0.2) is 18.2 Å². The molecule has 9 heteroatoms. The number of carbonyl (C=O) groups is 1. The second-order valence-electron chi connectivity index (χ2n) is 6.70. The van der Waals surface area contributed by atoms with Crippen molar-refractivity contribution in [1.82, 2.24) is 10.3 Å². The summed E-state index contributed by atoms with van der Waals surface area (Å²) in [6, 6.07) is 4.51. The van der Waals surface area contributed by atoms with Gasteiger partial charge in [-0.15, -0.1) is 0 Å². The maximum absolute atomic E-state index is 12.3. The minimum atomic E-state index is -0.435. The number of benzene rings is 1. The molecular formula is C16H16N4O4S. The highest BCUT2D eigenvalue weighted by Crippen LogP contribution is 2.42. The van der Waals surface area contributed by atoms with Gasteiger partial charge in [0.15, 0.2) is 5.13 Å². The van der Waals surface area contributed by atoms with E-state index in [4.69, 9.17) is 4.74 Å². The van der Waals surface area contributed by atoms with Crippen LogP contribution in [0.3, 0.4) is 0 Å². The van der Waals surface area contributed by atoms with Gasteiger partial charge in [-0.1, -0.05) is 11.3 Å². The first-order chi connectivity index (χ1) is 11.8. The number of nitro benzene ring substituents is 1. The first-order valence-corrected chi connectivity index (χ1v) is 8.67. The van der Waals surface area contributed by atoms with Crippen molar-refractivity contribution in [2.45, 2.75) is 25.8 Å². The second-order valence-corrected chi connectivity index (χ2v) is 7.67. The number of aromatic nitrogens is 1. The predicted molar refractivity (Wildman–Crippen MR) is 93.0 cm³/mol. The van der Waals surface area contributed by atoms with Gasteiger partial charge in [0.25, 0.3) is 11.6 Å². The van der Waals surface area contributed by atoms with Gasteiger partial charge in [0.05, 0.1) is 22.8 Å². The molecule has 1 aromatic heterocycles.